The maximum absolute atomic E-state index is 14.1. The van der Waals surface area contributed by atoms with Crippen LogP contribution in [0.2, 0.25) is 0 Å². The van der Waals surface area contributed by atoms with E-state index >= 15 is 0 Å². The lowest BCUT2D eigenvalue weighted by Crippen LogP contribution is -2.28. The van der Waals surface area contributed by atoms with Crippen LogP contribution in [0.3, 0.4) is 0 Å². The molecule has 4 atom stereocenters. The molecule has 8 bridgehead atoms. The van der Waals surface area contributed by atoms with Crippen molar-refractivity contribution < 1.29 is 38.1 Å². The average molecular weight is 1240 g/mol. The topological polar surface area (TPSA) is 211 Å². The molecule has 6 N–H and O–H groups in total. The molecule has 7 aromatic rings. The number of rotatable bonds is 16. The van der Waals surface area contributed by atoms with Crippen molar-refractivity contribution in [3.8, 4) is 44.5 Å². The van der Waals surface area contributed by atoms with E-state index in [1.165, 1.54) is 28.4 Å². The van der Waals surface area contributed by atoms with E-state index in [0.29, 0.717) is 89.8 Å². The number of hydrogen-bond acceptors (Lipinski definition) is 10. The predicted molar refractivity (Wildman–Crippen MR) is 376 cm³/mol. The number of methoxy groups -OCH3 is 4. The van der Waals surface area contributed by atoms with Crippen molar-refractivity contribution >= 4 is 92.7 Å². The second-order valence-electron chi connectivity index (χ2n) is 28.0. The Labute approximate surface area is 541 Å². The van der Waals surface area contributed by atoms with Gasteiger partial charge >= 0.3 is 0 Å². The first-order valence-corrected chi connectivity index (χ1v) is 31.3. The highest BCUT2D eigenvalue weighted by Crippen LogP contribution is 2.47. The molecule has 0 aliphatic carbocycles. The highest BCUT2D eigenvalue weighted by molar-refractivity contribution is 6.11. The van der Waals surface area contributed by atoms with Gasteiger partial charge in [0.25, 0.3) is 23.6 Å². The smallest absolute Gasteiger partial charge is 0.253 e. The van der Waals surface area contributed by atoms with Crippen LogP contribution in [-0.4, -0.2) is 96.4 Å². The first-order chi connectivity index (χ1) is 43.2. The number of anilines is 4. The van der Waals surface area contributed by atoms with E-state index in [4.69, 9.17) is 28.9 Å². The minimum atomic E-state index is -0.836. The van der Waals surface area contributed by atoms with Crippen LogP contribution >= 0.6 is 0 Å². The van der Waals surface area contributed by atoms with Crippen molar-refractivity contribution in [2.75, 3.05) is 49.7 Å². The molecular formula is C76H90N8O8. The average Bonchev–Trinajstić information content (AvgIpc) is 1.55. The molecule has 9 rings (SSSR count). The number of nitrogens with zero attached hydrogens (tertiary/aromatic N) is 2. The summed E-state index contributed by atoms with van der Waals surface area (Å²) < 4.78 is 22.2. The van der Waals surface area contributed by atoms with E-state index < -0.39 is 48.0 Å². The third-order valence-electron chi connectivity index (χ3n) is 17.2. The highest BCUT2D eigenvalue weighted by atomic mass is 16.5. The molecule has 0 unspecified atom stereocenters. The quantitative estimate of drug-likeness (QED) is 0.0539. The maximum Gasteiger partial charge on any atom is 0.253 e. The maximum atomic E-state index is 14.1. The van der Waals surface area contributed by atoms with Crippen LogP contribution in [0.5, 0.6) is 0 Å². The predicted octanol–water partition coefficient (Wildman–Crippen LogP) is 16.4. The highest BCUT2D eigenvalue weighted by Gasteiger charge is 2.30. The molecule has 0 radical (unpaired) electrons. The summed E-state index contributed by atoms with van der Waals surface area (Å²) in [5, 5.41) is 12.6. The van der Waals surface area contributed by atoms with Gasteiger partial charge in [0.15, 0.2) is 0 Å². The van der Waals surface area contributed by atoms with Gasteiger partial charge < -0.3 is 50.2 Å². The molecule has 92 heavy (non-hydrogen) atoms. The van der Waals surface area contributed by atoms with Crippen LogP contribution in [0.1, 0.15) is 156 Å². The van der Waals surface area contributed by atoms with E-state index in [9.17, 15) is 19.2 Å². The van der Waals surface area contributed by atoms with Crippen LogP contribution in [-0.2, 0) is 59.8 Å². The third-order valence-corrected chi connectivity index (χ3v) is 17.2. The second-order valence-corrected chi connectivity index (χ2v) is 28.0. The summed E-state index contributed by atoms with van der Waals surface area (Å²) in [7, 11) is 5.92. The van der Waals surface area contributed by atoms with Crippen LogP contribution in [0.4, 0.5) is 22.7 Å². The lowest BCUT2D eigenvalue weighted by molar-refractivity contribution is -0.125. The molecule has 4 aromatic carbocycles. The fourth-order valence-electron chi connectivity index (χ4n) is 11.0. The van der Waals surface area contributed by atoms with Gasteiger partial charge in [-0.05, 0) is 156 Å². The summed E-state index contributed by atoms with van der Waals surface area (Å²) in [5.41, 5.74) is 15.0. The van der Waals surface area contributed by atoms with E-state index in [-0.39, 0.29) is 21.7 Å². The fraction of sp³-hybridized carbons (Fsp3) is 0.368. The van der Waals surface area contributed by atoms with Crippen molar-refractivity contribution in [3.63, 3.8) is 0 Å². The SMILES string of the molecule is CO[C@@H](C)C(=O)Nc1cccc(NC(=O)[C@@H](C)OC)c1-c1c2nc(c(-c3cc(C(C)(C)C)cc(C(C)(C)C)c3)c3ccc([nH]3)c(-c3c(NC(=O)[C@H](C)OC)cccc3NC(=O)[C@@H](C)OC)c3nc(c(-c4cc(C(C)(C)C)cc(C(C)(C)C)c4)c4ccc1[nH]4)C=C3)C=C2. The molecule has 482 valence electrons. The Kier molecular flexibility index (Phi) is 19.4. The molecule has 16 heteroatoms. The minimum absolute atomic E-state index is 0.280. The van der Waals surface area contributed by atoms with Gasteiger partial charge in [-0.15, -0.1) is 0 Å². The molecule has 0 saturated heterocycles. The van der Waals surface area contributed by atoms with Crippen molar-refractivity contribution in [3.05, 3.63) is 142 Å². The molecule has 0 saturated carbocycles. The first kappa shape index (κ1) is 67.6. The Balaban J connectivity index is 1.58. The Morgan fingerprint density at radius 2 is 0.576 bits per heavy atom. The zero-order valence-electron chi connectivity index (χ0n) is 57.0. The van der Waals surface area contributed by atoms with E-state index in [2.05, 4.69) is 151 Å². The van der Waals surface area contributed by atoms with Crippen LogP contribution in [0.15, 0.2) is 97.1 Å². The van der Waals surface area contributed by atoms with Gasteiger partial charge in [-0.2, -0.15) is 0 Å². The standard InChI is InChI=1S/C76H90N8O8/c1-41(89-17)69(85)81-51-23-21-24-52(82-70(86)42(2)90-18)65(51)67-59-31-27-55(77-59)63(45-35-47(73(5,6)7)39-48(36-45)74(8,9)10)57-29-33-61(79-57)68(66-53(83-71(87)43(3)91-19)25-22-26-54(66)84-72(88)44(4)92-20)62-34-30-58(80-62)64(56-28-32-60(67)78-56)46-37-49(75(11,12)13)40-50(38-46)76(14,15)16/h21-44,77,80H,1-20H3,(H,81,85)(H,82,86)(H,83,87)(H,84,88)/t41-,42+,43-,44+. The molecule has 5 heterocycles. The zero-order valence-corrected chi connectivity index (χ0v) is 57.0. The van der Waals surface area contributed by atoms with Gasteiger partial charge in [0.2, 0.25) is 0 Å². The van der Waals surface area contributed by atoms with Gasteiger partial charge in [0.1, 0.15) is 24.4 Å². The number of fused-ring (bicyclic) bond motifs is 8. The molecule has 0 spiro atoms. The van der Waals surface area contributed by atoms with Crippen LogP contribution in [0.25, 0.3) is 90.9 Å². The van der Waals surface area contributed by atoms with E-state index in [1.807, 2.05) is 48.6 Å². The number of hydrogen-bond donors (Lipinski definition) is 6. The largest absolute Gasteiger partial charge is 0.372 e. The minimum Gasteiger partial charge on any atom is -0.372 e. The van der Waals surface area contributed by atoms with Crippen molar-refractivity contribution in [2.45, 2.75) is 157 Å². The summed E-state index contributed by atoms with van der Waals surface area (Å²) in [6, 6.07) is 32.3. The molecule has 0 fully saturated rings. The normalized spacial score (nSPS) is 14.0. The third kappa shape index (κ3) is 14.3. The number of H-pyrrole nitrogens is 2. The van der Waals surface area contributed by atoms with Gasteiger partial charge in [-0.25, -0.2) is 9.97 Å². The van der Waals surface area contributed by atoms with Crippen LogP contribution in [0, 0.1) is 0 Å². The number of ether oxygens (including phenoxy) is 4. The van der Waals surface area contributed by atoms with Crippen molar-refractivity contribution in [2.24, 2.45) is 0 Å². The Morgan fingerprint density at radius 1 is 0.348 bits per heavy atom. The first-order valence-electron chi connectivity index (χ1n) is 31.3. The monoisotopic (exact) mass is 1240 g/mol. The number of aromatic amines is 2. The van der Waals surface area contributed by atoms with Gasteiger partial charge in [0.05, 0.1) is 45.5 Å². The van der Waals surface area contributed by atoms with Crippen molar-refractivity contribution in [1.82, 2.24) is 19.9 Å². The fourth-order valence-corrected chi connectivity index (χ4v) is 11.0. The molecule has 16 nitrogen and oxygen atoms in total. The summed E-state index contributed by atoms with van der Waals surface area (Å²) in [6.45, 7) is 33.2. The summed E-state index contributed by atoms with van der Waals surface area (Å²) in [4.78, 5) is 75.8. The molecule has 2 aliphatic heterocycles. The lowest BCUT2D eigenvalue weighted by atomic mass is 9.78. The van der Waals surface area contributed by atoms with Crippen molar-refractivity contribution in [1.29, 1.82) is 0 Å². The Hall–Kier alpha value is -8.80. The second kappa shape index (κ2) is 26.4. The summed E-state index contributed by atoms with van der Waals surface area (Å²) in [6.07, 6.45) is 4.59. The number of benzene rings is 4. The number of carbonyl (C=O) groups excluding carboxylic acids is 4. The zero-order chi connectivity index (χ0) is 67.1. The Morgan fingerprint density at radius 3 is 0.804 bits per heavy atom. The molecule has 4 amide bonds. The molecular weight excluding hydrogens is 1150 g/mol. The van der Waals surface area contributed by atoms with E-state index in [1.54, 1.807) is 64.1 Å². The van der Waals surface area contributed by atoms with Gasteiger partial charge in [-0.1, -0.05) is 132 Å². The summed E-state index contributed by atoms with van der Waals surface area (Å²) in [5.74, 6) is -1.62. The van der Waals surface area contributed by atoms with E-state index in [0.717, 1.165) is 44.5 Å². The van der Waals surface area contributed by atoms with Crippen LogP contribution < -0.4 is 21.3 Å². The number of aromatic nitrogens is 4. The number of carbonyl (C=O) groups is 4. The van der Waals surface area contributed by atoms with Gasteiger partial charge in [0, 0.05) is 83.9 Å². The molecule has 2 aliphatic rings. The number of nitrogens with one attached hydrogen (secondary N) is 6. The van der Waals surface area contributed by atoms with Gasteiger partial charge in [-0.3, -0.25) is 19.2 Å². The molecule has 3 aromatic heterocycles. The number of amides is 4. The Bertz CT molecular complexity index is 3850. The summed E-state index contributed by atoms with van der Waals surface area (Å²) >= 11 is 0. The lowest BCUT2D eigenvalue weighted by Gasteiger charge is -2.26.